The topological polar surface area (TPSA) is 117 Å². The van der Waals surface area contributed by atoms with E-state index in [0.717, 1.165) is 31.1 Å². The van der Waals surface area contributed by atoms with Crippen molar-refractivity contribution < 1.29 is 30.8 Å². The third kappa shape index (κ3) is 4.56. The van der Waals surface area contributed by atoms with Crippen LogP contribution in [0.15, 0.2) is 29.2 Å². The van der Waals surface area contributed by atoms with Gasteiger partial charge in [-0.05, 0) is 36.5 Å². The number of aromatic amines is 1. The highest BCUT2D eigenvalue weighted by Gasteiger charge is 2.61. The Morgan fingerprint density at radius 2 is 1.89 bits per heavy atom. The van der Waals surface area contributed by atoms with Crippen LogP contribution in [0, 0.1) is 5.92 Å². The van der Waals surface area contributed by atoms with E-state index in [1.165, 1.54) is 6.07 Å². The minimum absolute atomic E-state index is 0.0136. The number of carbonyl (C=O) groups is 1. The number of hydrogen-bond donors (Lipinski definition) is 3. The molecule has 0 spiro atoms. The monoisotopic (exact) mass is 511 g/mol. The predicted octanol–water partition coefficient (Wildman–Crippen LogP) is 4.90. The third-order valence-corrected chi connectivity index (χ3v) is 7.46. The fourth-order valence-corrected chi connectivity index (χ4v) is 4.94. The van der Waals surface area contributed by atoms with Crippen molar-refractivity contribution in [3.8, 4) is 0 Å². The highest BCUT2D eigenvalue weighted by Crippen LogP contribution is 2.49. The van der Waals surface area contributed by atoms with Gasteiger partial charge in [-0.25, -0.2) is 35.9 Å². The molecule has 13 heteroatoms. The molecule has 1 aromatic carbocycles. The van der Waals surface area contributed by atoms with Gasteiger partial charge in [0, 0.05) is 18.7 Å². The van der Waals surface area contributed by atoms with Gasteiger partial charge < -0.3 is 15.6 Å². The van der Waals surface area contributed by atoms with E-state index in [9.17, 15) is 30.8 Å². The molecular weight excluding hydrogens is 490 g/mol. The summed E-state index contributed by atoms with van der Waals surface area (Å²) in [5.74, 6) is -6.13. The summed E-state index contributed by atoms with van der Waals surface area (Å²) in [7, 11) is -3.68. The minimum atomic E-state index is -3.68. The third-order valence-electron chi connectivity index (χ3n) is 6.32. The van der Waals surface area contributed by atoms with Gasteiger partial charge in [0.25, 0.3) is 12.3 Å². The lowest BCUT2D eigenvalue weighted by molar-refractivity contribution is -0.119. The van der Waals surface area contributed by atoms with Crippen molar-refractivity contribution in [1.29, 1.82) is 0 Å². The number of imidazole rings is 1. The Morgan fingerprint density at radius 1 is 1.17 bits per heavy atom. The second-order valence-electron chi connectivity index (χ2n) is 8.96. The number of fused-ring (bicyclic) bond motifs is 1. The summed E-state index contributed by atoms with van der Waals surface area (Å²) >= 11 is 0. The number of alkyl halides is 4. The highest BCUT2D eigenvalue weighted by molar-refractivity contribution is 7.90. The van der Waals surface area contributed by atoms with Crippen molar-refractivity contribution in [1.82, 2.24) is 15.0 Å². The van der Waals surface area contributed by atoms with Gasteiger partial charge in [0.05, 0.1) is 16.3 Å². The van der Waals surface area contributed by atoms with Crippen LogP contribution in [0.3, 0.4) is 0 Å². The number of hydrogen-bond acceptors (Lipinski definition) is 6. The van der Waals surface area contributed by atoms with Crippen molar-refractivity contribution in [2.24, 2.45) is 5.92 Å². The second kappa shape index (κ2) is 8.18. The van der Waals surface area contributed by atoms with Crippen LogP contribution in [-0.2, 0) is 14.6 Å². The van der Waals surface area contributed by atoms with Gasteiger partial charge in [-0.2, -0.15) is 0 Å². The minimum Gasteiger partial charge on any atom is -0.352 e. The molecule has 1 atom stereocenters. The average Bonchev–Trinajstić information content (AvgIpc) is 3.15. The second-order valence-corrected chi connectivity index (χ2v) is 10.9. The standard InChI is InChI=1S/C22H21F4N5O3S/c1-35(33,34)15-7-11(10-3-2-4-10)5-6-13(15)27-14-8-16(29-21(32)12-9-22(12,25)26)28-19-17(14)30-20(31-19)18(23)24/h5-8,10,12,18H,2-4,9H2,1H3,(H3,27,28,29,30,31,32)/t12-/m1/s1. The van der Waals surface area contributed by atoms with Crippen LogP contribution < -0.4 is 10.6 Å². The Kier molecular flexibility index (Phi) is 5.49. The van der Waals surface area contributed by atoms with Gasteiger partial charge >= 0.3 is 0 Å². The maximum absolute atomic E-state index is 13.3. The number of sulfone groups is 1. The SMILES string of the molecule is CS(=O)(=O)c1cc(C2CCC2)ccc1Nc1cc(NC(=O)[C@H]2CC2(F)F)nc2[nH]c(C(F)F)nc12. The van der Waals surface area contributed by atoms with Crippen LogP contribution in [-0.4, -0.2) is 41.5 Å². The number of pyridine rings is 1. The molecule has 186 valence electrons. The number of aromatic nitrogens is 3. The zero-order valence-corrected chi connectivity index (χ0v) is 19.2. The van der Waals surface area contributed by atoms with Crippen molar-refractivity contribution in [3.05, 3.63) is 35.7 Å². The van der Waals surface area contributed by atoms with E-state index < -0.39 is 46.3 Å². The lowest BCUT2D eigenvalue weighted by Gasteiger charge is -2.26. The molecule has 3 N–H and O–H groups in total. The maximum Gasteiger partial charge on any atom is 0.295 e. The zero-order chi connectivity index (χ0) is 25.1. The smallest absolute Gasteiger partial charge is 0.295 e. The number of amides is 1. The first-order chi connectivity index (χ1) is 16.4. The zero-order valence-electron chi connectivity index (χ0n) is 18.4. The molecule has 2 aliphatic carbocycles. The number of carbonyl (C=O) groups excluding carboxylic acids is 1. The summed E-state index contributed by atoms with van der Waals surface area (Å²) < 4.78 is 78.2. The lowest BCUT2D eigenvalue weighted by Crippen LogP contribution is -2.18. The van der Waals surface area contributed by atoms with Crippen molar-refractivity contribution >= 4 is 44.1 Å². The van der Waals surface area contributed by atoms with E-state index in [1.807, 2.05) is 0 Å². The normalized spacial score (nSPS) is 19.5. The van der Waals surface area contributed by atoms with Gasteiger partial charge in [-0.3, -0.25) is 4.79 Å². The number of halogens is 4. The van der Waals surface area contributed by atoms with Crippen LogP contribution in [0.5, 0.6) is 0 Å². The van der Waals surface area contributed by atoms with Crippen molar-refractivity contribution in [2.75, 3.05) is 16.9 Å². The maximum atomic E-state index is 13.3. The fourth-order valence-electron chi connectivity index (χ4n) is 4.07. The summed E-state index contributed by atoms with van der Waals surface area (Å²) in [5.41, 5.74) is 0.973. The molecule has 0 bridgehead atoms. The molecule has 8 nitrogen and oxygen atoms in total. The summed E-state index contributed by atoms with van der Waals surface area (Å²) in [6.07, 6.45) is 0.526. The highest BCUT2D eigenvalue weighted by atomic mass is 32.2. The Labute approximate surface area is 197 Å². The summed E-state index contributed by atoms with van der Waals surface area (Å²) in [6, 6.07) is 6.21. The number of nitrogens with zero attached hydrogens (tertiary/aromatic N) is 2. The number of benzene rings is 1. The number of nitrogens with one attached hydrogen (secondary N) is 3. The van der Waals surface area contributed by atoms with Crippen LogP contribution in [0.4, 0.5) is 34.8 Å². The van der Waals surface area contributed by atoms with E-state index in [0.29, 0.717) is 0 Å². The fraction of sp³-hybridized carbons (Fsp3) is 0.409. The van der Waals surface area contributed by atoms with Crippen molar-refractivity contribution in [2.45, 2.75) is 48.8 Å². The molecule has 2 fully saturated rings. The van der Waals surface area contributed by atoms with Gasteiger partial charge in [0.15, 0.2) is 21.3 Å². The summed E-state index contributed by atoms with van der Waals surface area (Å²) in [4.78, 5) is 22.4. The number of H-pyrrole nitrogens is 1. The Morgan fingerprint density at radius 3 is 2.46 bits per heavy atom. The van der Waals surface area contributed by atoms with Gasteiger partial charge in [-0.15, -0.1) is 0 Å². The lowest BCUT2D eigenvalue weighted by atomic mass is 9.80. The van der Waals surface area contributed by atoms with E-state index in [-0.39, 0.29) is 39.2 Å². The van der Waals surface area contributed by atoms with Crippen LogP contribution in [0.1, 0.15) is 49.4 Å². The largest absolute Gasteiger partial charge is 0.352 e. The molecule has 0 saturated heterocycles. The van der Waals surface area contributed by atoms with Gasteiger partial charge in [0.1, 0.15) is 17.3 Å². The van der Waals surface area contributed by atoms with Gasteiger partial charge in [-0.1, -0.05) is 12.5 Å². The van der Waals surface area contributed by atoms with Crippen LogP contribution in [0.2, 0.25) is 0 Å². The molecule has 3 aromatic rings. The molecule has 2 heterocycles. The molecular formula is C22H21F4N5O3S. The molecule has 35 heavy (non-hydrogen) atoms. The quantitative estimate of drug-likeness (QED) is 0.389. The van der Waals surface area contributed by atoms with Gasteiger partial charge in [0.2, 0.25) is 5.91 Å². The molecule has 2 aliphatic rings. The Bertz CT molecular complexity index is 1440. The predicted molar refractivity (Wildman–Crippen MR) is 120 cm³/mol. The van der Waals surface area contributed by atoms with Crippen LogP contribution >= 0.6 is 0 Å². The molecule has 2 saturated carbocycles. The number of anilines is 3. The molecule has 5 rings (SSSR count). The molecule has 0 unspecified atom stereocenters. The molecule has 0 radical (unpaired) electrons. The summed E-state index contributed by atoms with van der Waals surface area (Å²) in [5, 5.41) is 5.18. The molecule has 1 amide bonds. The Hall–Kier alpha value is -3.22. The molecule has 0 aliphatic heterocycles. The van der Waals surface area contributed by atoms with Crippen molar-refractivity contribution in [3.63, 3.8) is 0 Å². The first-order valence-corrected chi connectivity index (χ1v) is 12.8. The first kappa shape index (κ1) is 23.5. The van der Waals surface area contributed by atoms with E-state index >= 15 is 0 Å². The first-order valence-electron chi connectivity index (χ1n) is 10.9. The summed E-state index contributed by atoms with van der Waals surface area (Å²) in [6.45, 7) is 0. The van der Waals surface area contributed by atoms with Crippen LogP contribution in [0.25, 0.3) is 11.2 Å². The number of rotatable bonds is 7. The van der Waals surface area contributed by atoms with E-state index in [4.69, 9.17) is 0 Å². The Balaban J connectivity index is 1.55. The molecule has 2 aromatic heterocycles. The van der Waals surface area contributed by atoms with E-state index in [2.05, 4.69) is 25.6 Å². The van der Waals surface area contributed by atoms with E-state index in [1.54, 1.807) is 18.2 Å². The average molecular weight is 512 g/mol.